The van der Waals surface area contributed by atoms with Gasteiger partial charge in [0.1, 0.15) is 5.75 Å². The van der Waals surface area contributed by atoms with Gasteiger partial charge in [-0.2, -0.15) is 5.26 Å². The molecule has 1 unspecified atom stereocenters. The summed E-state index contributed by atoms with van der Waals surface area (Å²) in [7, 11) is 1.70. The molecule has 1 N–H and O–H groups in total. The molecule has 2 rings (SSSR count). The monoisotopic (exact) mass is 280 g/mol. The van der Waals surface area contributed by atoms with E-state index in [-0.39, 0.29) is 6.04 Å². The number of rotatable bonds is 6. The average Bonchev–Trinajstić information content (AvgIpc) is 2.55. The third-order valence-electron chi connectivity index (χ3n) is 3.55. The van der Waals surface area contributed by atoms with Crippen molar-refractivity contribution in [1.29, 1.82) is 5.26 Å². The Morgan fingerprint density at radius 2 is 2.00 bits per heavy atom. The number of hydrogen-bond donors (Lipinski definition) is 1. The first-order valence-electron chi connectivity index (χ1n) is 7.10. The van der Waals surface area contributed by atoms with E-state index >= 15 is 0 Å². The molecule has 0 heterocycles. The molecular formula is C18H20N2O. The van der Waals surface area contributed by atoms with Crippen LogP contribution in [0.15, 0.2) is 48.5 Å². The fourth-order valence-corrected chi connectivity index (χ4v) is 2.33. The molecule has 0 aromatic heterocycles. The third kappa shape index (κ3) is 4.08. The molecule has 1 atom stereocenters. The molecule has 0 spiro atoms. The maximum absolute atomic E-state index is 8.94. The van der Waals surface area contributed by atoms with E-state index in [1.54, 1.807) is 7.11 Å². The molecule has 3 nitrogen and oxygen atoms in total. The molecule has 108 valence electrons. The fourth-order valence-electron chi connectivity index (χ4n) is 2.33. The van der Waals surface area contributed by atoms with E-state index in [4.69, 9.17) is 10.00 Å². The lowest BCUT2D eigenvalue weighted by atomic mass is 10.1. The van der Waals surface area contributed by atoms with Crippen LogP contribution in [0, 0.1) is 11.3 Å². The smallest absolute Gasteiger partial charge is 0.122 e. The highest BCUT2D eigenvalue weighted by molar-refractivity contribution is 5.35. The summed E-state index contributed by atoms with van der Waals surface area (Å²) < 4.78 is 5.35. The number of methoxy groups -OCH3 is 1. The van der Waals surface area contributed by atoms with Gasteiger partial charge < -0.3 is 10.1 Å². The summed E-state index contributed by atoms with van der Waals surface area (Å²) in [5, 5.41) is 12.4. The number of nitriles is 1. The number of nitrogens with one attached hydrogen (secondary N) is 1. The number of ether oxygens (including phenoxy) is 1. The van der Waals surface area contributed by atoms with Crippen molar-refractivity contribution in [2.75, 3.05) is 13.7 Å². The van der Waals surface area contributed by atoms with Gasteiger partial charge in [-0.3, -0.25) is 0 Å². The average molecular weight is 280 g/mol. The van der Waals surface area contributed by atoms with Crippen LogP contribution in [-0.2, 0) is 6.42 Å². The number of hydrogen-bond acceptors (Lipinski definition) is 3. The lowest BCUT2D eigenvalue weighted by molar-refractivity contribution is 0.408. The van der Waals surface area contributed by atoms with Crippen molar-refractivity contribution in [1.82, 2.24) is 5.32 Å². The zero-order valence-electron chi connectivity index (χ0n) is 12.5. The van der Waals surface area contributed by atoms with E-state index in [9.17, 15) is 0 Å². The Morgan fingerprint density at radius 1 is 1.19 bits per heavy atom. The van der Waals surface area contributed by atoms with Crippen molar-refractivity contribution in [3.63, 3.8) is 0 Å². The van der Waals surface area contributed by atoms with Gasteiger partial charge in [0, 0.05) is 6.04 Å². The molecular weight excluding hydrogens is 260 g/mol. The van der Waals surface area contributed by atoms with Crippen LogP contribution in [0.5, 0.6) is 5.75 Å². The highest BCUT2D eigenvalue weighted by Gasteiger charge is 2.06. The van der Waals surface area contributed by atoms with Gasteiger partial charge in [0.15, 0.2) is 0 Å². The minimum absolute atomic E-state index is 0.216. The van der Waals surface area contributed by atoms with Crippen LogP contribution in [0.25, 0.3) is 0 Å². The summed E-state index contributed by atoms with van der Waals surface area (Å²) in [5.41, 5.74) is 3.03. The van der Waals surface area contributed by atoms with E-state index in [0.29, 0.717) is 5.56 Å². The molecule has 2 aromatic carbocycles. The van der Waals surface area contributed by atoms with E-state index in [1.807, 2.05) is 42.5 Å². The normalized spacial score (nSPS) is 11.7. The molecule has 0 saturated heterocycles. The van der Waals surface area contributed by atoms with Gasteiger partial charge >= 0.3 is 0 Å². The predicted octanol–water partition coefficient (Wildman–Crippen LogP) is 3.46. The summed E-state index contributed by atoms with van der Waals surface area (Å²) in [4.78, 5) is 0. The fraction of sp³-hybridized carbons (Fsp3) is 0.278. The first kappa shape index (κ1) is 15.1. The van der Waals surface area contributed by atoms with E-state index in [0.717, 1.165) is 24.3 Å². The van der Waals surface area contributed by atoms with Crippen molar-refractivity contribution in [3.05, 3.63) is 65.2 Å². The SMILES string of the molecule is COc1ccccc1CCNC(C)c1cccc(C#N)c1. The zero-order chi connectivity index (χ0) is 15.1. The van der Waals surface area contributed by atoms with Crippen molar-refractivity contribution in [2.45, 2.75) is 19.4 Å². The van der Waals surface area contributed by atoms with Gasteiger partial charge in [0.25, 0.3) is 0 Å². The number of para-hydroxylation sites is 1. The molecule has 0 fully saturated rings. The van der Waals surface area contributed by atoms with Crippen LogP contribution in [0.1, 0.15) is 29.7 Å². The maximum Gasteiger partial charge on any atom is 0.122 e. The lowest BCUT2D eigenvalue weighted by Gasteiger charge is -2.15. The molecule has 0 aliphatic heterocycles. The number of nitrogens with zero attached hydrogens (tertiary/aromatic N) is 1. The summed E-state index contributed by atoms with van der Waals surface area (Å²) in [6.45, 7) is 2.97. The molecule has 21 heavy (non-hydrogen) atoms. The summed E-state index contributed by atoms with van der Waals surface area (Å²) >= 11 is 0. The van der Waals surface area contributed by atoms with Gasteiger partial charge in [-0.05, 0) is 49.2 Å². The Bertz CT molecular complexity index is 631. The maximum atomic E-state index is 8.94. The standard InChI is InChI=1S/C18H20N2O/c1-14(17-8-5-6-15(12-17)13-19)20-11-10-16-7-3-4-9-18(16)21-2/h3-9,12,14,20H,10-11H2,1-2H3. The van der Waals surface area contributed by atoms with E-state index in [2.05, 4.69) is 24.4 Å². The molecule has 0 aliphatic rings. The van der Waals surface area contributed by atoms with E-state index < -0.39 is 0 Å². The Balaban J connectivity index is 1.92. The predicted molar refractivity (Wildman–Crippen MR) is 84.3 cm³/mol. The van der Waals surface area contributed by atoms with Crippen molar-refractivity contribution < 1.29 is 4.74 Å². The summed E-state index contributed by atoms with van der Waals surface area (Å²) in [6, 6.07) is 18.2. The van der Waals surface area contributed by atoms with E-state index in [1.165, 1.54) is 5.56 Å². The third-order valence-corrected chi connectivity index (χ3v) is 3.55. The highest BCUT2D eigenvalue weighted by Crippen LogP contribution is 2.18. The molecule has 0 aliphatic carbocycles. The van der Waals surface area contributed by atoms with Gasteiger partial charge in [-0.15, -0.1) is 0 Å². The second-order valence-electron chi connectivity index (χ2n) is 4.97. The molecule has 0 saturated carbocycles. The van der Waals surface area contributed by atoms with Crippen LogP contribution >= 0.6 is 0 Å². The van der Waals surface area contributed by atoms with Crippen LogP contribution < -0.4 is 10.1 Å². The first-order chi connectivity index (χ1) is 10.2. The Kier molecular flexibility index (Phi) is 5.36. The van der Waals surface area contributed by atoms with Gasteiger partial charge in [0.2, 0.25) is 0 Å². The van der Waals surface area contributed by atoms with Gasteiger partial charge in [0.05, 0.1) is 18.7 Å². The number of benzene rings is 2. The van der Waals surface area contributed by atoms with Crippen molar-refractivity contribution >= 4 is 0 Å². The zero-order valence-corrected chi connectivity index (χ0v) is 12.5. The van der Waals surface area contributed by atoms with Crippen LogP contribution in [0.2, 0.25) is 0 Å². The topological polar surface area (TPSA) is 45.0 Å². The molecule has 0 bridgehead atoms. The minimum Gasteiger partial charge on any atom is -0.496 e. The van der Waals surface area contributed by atoms with Crippen LogP contribution in [0.4, 0.5) is 0 Å². The Morgan fingerprint density at radius 3 is 2.76 bits per heavy atom. The minimum atomic E-state index is 0.216. The van der Waals surface area contributed by atoms with Crippen LogP contribution in [0.3, 0.4) is 0 Å². The molecule has 2 aromatic rings. The lowest BCUT2D eigenvalue weighted by Crippen LogP contribution is -2.21. The van der Waals surface area contributed by atoms with Gasteiger partial charge in [-0.25, -0.2) is 0 Å². The quantitative estimate of drug-likeness (QED) is 0.881. The van der Waals surface area contributed by atoms with Crippen molar-refractivity contribution in [2.24, 2.45) is 0 Å². The molecule has 3 heteroatoms. The second-order valence-corrected chi connectivity index (χ2v) is 4.97. The Hall–Kier alpha value is -2.31. The summed E-state index contributed by atoms with van der Waals surface area (Å²) in [6.07, 6.45) is 0.909. The second kappa shape index (κ2) is 7.47. The highest BCUT2D eigenvalue weighted by atomic mass is 16.5. The van der Waals surface area contributed by atoms with Crippen LogP contribution in [-0.4, -0.2) is 13.7 Å². The van der Waals surface area contributed by atoms with Gasteiger partial charge in [-0.1, -0.05) is 30.3 Å². The molecule has 0 amide bonds. The van der Waals surface area contributed by atoms with Crippen molar-refractivity contribution in [3.8, 4) is 11.8 Å². The Labute approximate surface area is 126 Å². The first-order valence-corrected chi connectivity index (χ1v) is 7.10. The molecule has 0 radical (unpaired) electrons. The largest absolute Gasteiger partial charge is 0.496 e. The summed E-state index contributed by atoms with van der Waals surface area (Å²) in [5.74, 6) is 0.929.